The molecule has 2 nitrogen and oxygen atoms in total. The van der Waals surface area contributed by atoms with Crippen molar-refractivity contribution >= 4 is 52.7 Å². The van der Waals surface area contributed by atoms with E-state index in [1.54, 1.807) is 16.2 Å². The Kier molecular flexibility index (Phi) is 3.72. The predicted octanol–water partition coefficient (Wildman–Crippen LogP) is 4.19. The first-order valence-electron chi connectivity index (χ1n) is 5.59. The molecule has 1 aliphatic rings. The minimum Gasteiger partial charge on any atom is -0.218 e. The zero-order chi connectivity index (χ0) is 12.4. The van der Waals surface area contributed by atoms with Crippen LogP contribution in [0.15, 0.2) is 47.6 Å². The van der Waals surface area contributed by atoms with Crippen molar-refractivity contribution in [3.63, 3.8) is 0 Å². The summed E-state index contributed by atoms with van der Waals surface area (Å²) in [6, 6.07) is 15.0. The van der Waals surface area contributed by atoms with Gasteiger partial charge in [0.2, 0.25) is 0 Å². The van der Waals surface area contributed by atoms with Crippen molar-refractivity contribution in [1.29, 1.82) is 0 Å². The van der Waals surface area contributed by atoms with Crippen molar-refractivity contribution in [3.8, 4) is 0 Å². The number of hydrogen-bond acceptors (Lipinski definition) is 5. The summed E-state index contributed by atoms with van der Waals surface area (Å²) in [6.07, 6.45) is 0. The third-order valence-corrected chi connectivity index (χ3v) is 5.79. The van der Waals surface area contributed by atoms with Crippen LogP contribution in [0.5, 0.6) is 0 Å². The minimum absolute atomic E-state index is 0.271. The average Bonchev–Trinajstić information content (AvgIpc) is 2.82. The summed E-state index contributed by atoms with van der Waals surface area (Å²) < 4.78 is 1.98. The summed E-state index contributed by atoms with van der Waals surface area (Å²) in [6.45, 7) is 0. The van der Waals surface area contributed by atoms with Crippen LogP contribution in [-0.2, 0) is 5.75 Å². The van der Waals surface area contributed by atoms with Gasteiger partial charge in [0.25, 0.3) is 0 Å². The van der Waals surface area contributed by atoms with Crippen molar-refractivity contribution < 1.29 is 0 Å². The Hall–Kier alpha value is -0.780. The highest BCUT2D eigenvalue weighted by molar-refractivity contribution is 8.24. The summed E-state index contributed by atoms with van der Waals surface area (Å²) in [5.74, 6) is 0.972. The molecule has 0 N–H and O–H groups in total. The number of hydrogen-bond donors (Lipinski definition) is 1. The average molecular weight is 292 g/mol. The number of benzene rings is 2. The van der Waals surface area contributed by atoms with Gasteiger partial charge in [-0.3, -0.25) is 0 Å². The zero-order valence-electron chi connectivity index (χ0n) is 9.56. The van der Waals surface area contributed by atoms with Crippen molar-refractivity contribution in [2.24, 2.45) is 5.10 Å². The molecule has 0 aliphatic carbocycles. The van der Waals surface area contributed by atoms with E-state index in [4.69, 9.17) is 0 Å². The topological polar surface area (TPSA) is 15.6 Å². The van der Waals surface area contributed by atoms with Crippen molar-refractivity contribution in [3.05, 3.63) is 48.0 Å². The van der Waals surface area contributed by atoms with Gasteiger partial charge in [0.05, 0.1) is 5.55 Å². The van der Waals surface area contributed by atoms with Gasteiger partial charge in [-0.05, 0) is 29.2 Å². The van der Waals surface area contributed by atoms with E-state index in [-0.39, 0.29) is 4.71 Å². The van der Waals surface area contributed by atoms with E-state index in [0.717, 1.165) is 5.75 Å². The fourth-order valence-corrected chi connectivity index (χ4v) is 4.26. The highest BCUT2D eigenvalue weighted by Crippen LogP contribution is 2.35. The van der Waals surface area contributed by atoms with E-state index in [2.05, 4.69) is 60.4 Å². The predicted molar refractivity (Wildman–Crippen MR) is 85.9 cm³/mol. The quantitative estimate of drug-likeness (QED) is 0.854. The van der Waals surface area contributed by atoms with E-state index in [1.807, 2.05) is 17.3 Å². The largest absolute Gasteiger partial charge is 0.218 e. The van der Waals surface area contributed by atoms with E-state index in [0.29, 0.717) is 0 Å². The van der Waals surface area contributed by atoms with Crippen LogP contribution in [0.3, 0.4) is 0 Å². The molecular formula is C13H12N2S3. The molecule has 2 aromatic carbocycles. The molecule has 0 fully saturated rings. The molecule has 5 heteroatoms. The summed E-state index contributed by atoms with van der Waals surface area (Å²) in [5.41, 5.74) is 3.21. The summed E-state index contributed by atoms with van der Waals surface area (Å²) >= 11 is 7.84. The first-order chi connectivity index (χ1) is 8.84. The molecule has 1 unspecified atom stereocenters. The lowest BCUT2D eigenvalue weighted by Crippen LogP contribution is -2.10. The van der Waals surface area contributed by atoms with Gasteiger partial charge in [0, 0.05) is 5.75 Å². The van der Waals surface area contributed by atoms with Crippen LogP contribution in [0.2, 0.25) is 0 Å². The Bertz CT molecular complexity index is 580. The molecule has 0 bridgehead atoms. The normalized spacial score (nSPS) is 18.7. The van der Waals surface area contributed by atoms with Crippen LogP contribution in [0, 0.1) is 0 Å². The Balaban J connectivity index is 1.78. The lowest BCUT2D eigenvalue weighted by molar-refractivity contribution is 0.588. The van der Waals surface area contributed by atoms with Gasteiger partial charge in [0.1, 0.15) is 0 Å². The van der Waals surface area contributed by atoms with Gasteiger partial charge in [-0.1, -0.05) is 54.2 Å². The smallest absolute Gasteiger partial charge is 0.155 e. The van der Waals surface area contributed by atoms with Gasteiger partial charge >= 0.3 is 0 Å². The third kappa shape index (κ3) is 2.48. The van der Waals surface area contributed by atoms with Gasteiger partial charge < -0.3 is 0 Å². The molecule has 0 radical (unpaired) electrons. The number of thiol groups is 1. The van der Waals surface area contributed by atoms with E-state index >= 15 is 0 Å². The van der Waals surface area contributed by atoms with E-state index in [9.17, 15) is 0 Å². The molecule has 92 valence electrons. The Morgan fingerprint density at radius 1 is 1.22 bits per heavy atom. The lowest BCUT2D eigenvalue weighted by atomic mass is 10.1. The molecule has 0 amide bonds. The van der Waals surface area contributed by atoms with Gasteiger partial charge in [-0.25, -0.2) is 4.41 Å². The highest BCUT2D eigenvalue weighted by Gasteiger charge is 2.19. The van der Waals surface area contributed by atoms with Crippen LogP contribution < -0.4 is 0 Å². The van der Waals surface area contributed by atoms with Crippen LogP contribution in [0.25, 0.3) is 10.8 Å². The monoisotopic (exact) mass is 292 g/mol. The third-order valence-electron chi connectivity index (χ3n) is 2.79. The van der Waals surface area contributed by atoms with Gasteiger partial charge in [-0.2, -0.15) is 5.10 Å². The van der Waals surface area contributed by atoms with Crippen LogP contribution in [0.4, 0.5) is 0 Å². The second-order valence-electron chi connectivity index (χ2n) is 3.93. The zero-order valence-corrected chi connectivity index (χ0v) is 12.1. The highest BCUT2D eigenvalue weighted by atomic mass is 32.2. The fourth-order valence-electron chi connectivity index (χ4n) is 1.92. The SMILES string of the molecule is SN1N=CSC1SCc1cccc2ccccc12. The number of hydrazone groups is 1. The molecule has 0 aromatic heterocycles. The molecule has 1 heterocycles. The first-order valence-corrected chi connectivity index (χ1v) is 7.98. The van der Waals surface area contributed by atoms with Crippen LogP contribution >= 0.6 is 36.3 Å². The molecule has 3 rings (SSSR count). The molecule has 1 aliphatic heterocycles. The summed E-state index contributed by atoms with van der Waals surface area (Å²) in [7, 11) is 0. The van der Waals surface area contributed by atoms with E-state index in [1.165, 1.54) is 16.3 Å². The number of nitrogens with zero attached hydrogens (tertiary/aromatic N) is 2. The van der Waals surface area contributed by atoms with Crippen molar-refractivity contribution in [2.45, 2.75) is 10.5 Å². The summed E-state index contributed by atoms with van der Waals surface area (Å²) in [5, 5.41) is 6.74. The molecule has 2 aromatic rings. The molecule has 18 heavy (non-hydrogen) atoms. The maximum absolute atomic E-state index is 4.30. The molecular weight excluding hydrogens is 280 g/mol. The van der Waals surface area contributed by atoms with Crippen LogP contribution in [0.1, 0.15) is 5.56 Å². The molecule has 0 spiro atoms. The Morgan fingerprint density at radius 3 is 2.89 bits per heavy atom. The first kappa shape index (κ1) is 12.3. The maximum Gasteiger partial charge on any atom is 0.155 e. The van der Waals surface area contributed by atoms with Crippen molar-refractivity contribution in [2.75, 3.05) is 0 Å². The van der Waals surface area contributed by atoms with Gasteiger partial charge in [-0.15, -0.1) is 11.8 Å². The molecule has 0 saturated carbocycles. The fraction of sp³-hybridized carbons (Fsp3) is 0.154. The van der Waals surface area contributed by atoms with Crippen molar-refractivity contribution in [1.82, 2.24) is 4.41 Å². The summed E-state index contributed by atoms with van der Waals surface area (Å²) in [4.78, 5) is 0. The maximum atomic E-state index is 4.30. The van der Waals surface area contributed by atoms with E-state index < -0.39 is 0 Å². The van der Waals surface area contributed by atoms with Gasteiger partial charge in [0.15, 0.2) is 4.71 Å². The number of thioether (sulfide) groups is 2. The molecule has 1 atom stereocenters. The minimum atomic E-state index is 0.271. The number of fused-ring (bicyclic) bond motifs is 1. The second-order valence-corrected chi connectivity index (χ2v) is 6.64. The molecule has 0 saturated heterocycles. The second kappa shape index (κ2) is 5.47. The standard InChI is InChI=1S/C13H12N2S3/c16-15-13(18-9-14-15)17-8-11-6-3-5-10-4-1-2-7-12(10)11/h1-7,9,13,16H,8H2. The lowest BCUT2D eigenvalue weighted by Gasteiger charge is -2.16. The Morgan fingerprint density at radius 2 is 2.06 bits per heavy atom. The number of rotatable bonds is 3. The van der Waals surface area contributed by atoms with Crippen LogP contribution in [-0.4, -0.2) is 14.7 Å². The Labute approximate surface area is 120 Å².